The lowest BCUT2D eigenvalue weighted by Gasteiger charge is -2.36. The molecule has 5 heteroatoms. The van der Waals surface area contributed by atoms with Crippen LogP contribution >= 0.6 is 0 Å². The van der Waals surface area contributed by atoms with Gasteiger partial charge < -0.3 is 15.2 Å². The molecule has 1 aliphatic carbocycles. The quantitative estimate of drug-likeness (QED) is 0.694. The molecule has 0 bridgehead atoms. The van der Waals surface area contributed by atoms with Crippen molar-refractivity contribution in [2.75, 3.05) is 13.2 Å². The number of ether oxygens (including phenoxy) is 1. The first-order chi connectivity index (χ1) is 9.00. The number of rotatable bonds is 7. The van der Waals surface area contributed by atoms with Crippen LogP contribution in [0.25, 0.3) is 0 Å². The van der Waals surface area contributed by atoms with Crippen molar-refractivity contribution in [3.8, 4) is 0 Å². The normalized spacial score (nSPS) is 26.9. The Bertz CT molecular complexity index is 309. The SMILES string of the molecule is CCCOCCC(=O)NC1(C(=O)O)CCC(C)CC1. The fourth-order valence-electron chi connectivity index (χ4n) is 2.39. The van der Waals surface area contributed by atoms with Crippen molar-refractivity contribution in [2.24, 2.45) is 5.92 Å². The van der Waals surface area contributed by atoms with Crippen LogP contribution in [0.3, 0.4) is 0 Å². The number of carboxylic acid groups (broad SMARTS) is 1. The summed E-state index contributed by atoms with van der Waals surface area (Å²) in [6.07, 6.45) is 3.87. The van der Waals surface area contributed by atoms with Crippen molar-refractivity contribution in [1.82, 2.24) is 5.32 Å². The predicted octanol–water partition coefficient (Wildman–Crippen LogP) is 1.95. The third-order valence-corrected chi connectivity index (χ3v) is 3.74. The van der Waals surface area contributed by atoms with Gasteiger partial charge in [-0.1, -0.05) is 13.8 Å². The maximum Gasteiger partial charge on any atom is 0.329 e. The van der Waals surface area contributed by atoms with E-state index in [1.54, 1.807) is 0 Å². The second-order valence-electron chi connectivity index (χ2n) is 5.48. The summed E-state index contributed by atoms with van der Waals surface area (Å²) in [5, 5.41) is 12.1. The first-order valence-corrected chi connectivity index (χ1v) is 7.12. The number of hydrogen-bond acceptors (Lipinski definition) is 3. The second-order valence-corrected chi connectivity index (χ2v) is 5.48. The molecule has 0 aromatic carbocycles. The van der Waals surface area contributed by atoms with Crippen molar-refractivity contribution in [1.29, 1.82) is 0 Å². The zero-order valence-corrected chi connectivity index (χ0v) is 11.9. The predicted molar refractivity (Wildman–Crippen MR) is 71.9 cm³/mol. The molecule has 1 saturated carbocycles. The zero-order chi connectivity index (χ0) is 14.3. The first-order valence-electron chi connectivity index (χ1n) is 7.12. The Morgan fingerprint density at radius 1 is 1.32 bits per heavy atom. The van der Waals surface area contributed by atoms with E-state index in [0.717, 1.165) is 19.3 Å². The highest BCUT2D eigenvalue weighted by atomic mass is 16.5. The van der Waals surface area contributed by atoms with Gasteiger partial charge in [0.1, 0.15) is 5.54 Å². The molecular formula is C14H25NO4. The van der Waals surface area contributed by atoms with E-state index in [0.29, 0.717) is 32.0 Å². The third kappa shape index (κ3) is 4.82. The standard InChI is InChI=1S/C14H25NO4/c1-3-9-19-10-6-12(16)15-14(13(17)18)7-4-11(2)5-8-14/h11H,3-10H2,1-2H3,(H,15,16)(H,17,18). The molecule has 0 aromatic rings. The molecule has 19 heavy (non-hydrogen) atoms. The molecule has 0 atom stereocenters. The largest absolute Gasteiger partial charge is 0.480 e. The zero-order valence-electron chi connectivity index (χ0n) is 11.9. The van der Waals surface area contributed by atoms with Gasteiger partial charge in [0.05, 0.1) is 6.61 Å². The summed E-state index contributed by atoms with van der Waals surface area (Å²) in [7, 11) is 0. The molecule has 0 spiro atoms. The van der Waals surface area contributed by atoms with Gasteiger partial charge in [0.25, 0.3) is 0 Å². The van der Waals surface area contributed by atoms with Crippen LogP contribution in [0.5, 0.6) is 0 Å². The Labute approximate surface area is 114 Å². The van der Waals surface area contributed by atoms with Gasteiger partial charge in [-0.15, -0.1) is 0 Å². The molecular weight excluding hydrogens is 246 g/mol. The fraction of sp³-hybridized carbons (Fsp3) is 0.857. The Kier molecular flexibility index (Phi) is 6.28. The molecule has 1 aliphatic rings. The molecule has 0 saturated heterocycles. The highest BCUT2D eigenvalue weighted by Crippen LogP contribution is 2.32. The number of amides is 1. The van der Waals surface area contributed by atoms with Crippen molar-refractivity contribution in [2.45, 2.75) is 57.9 Å². The second kappa shape index (κ2) is 7.48. The van der Waals surface area contributed by atoms with E-state index in [1.165, 1.54) is 0 Å². The van der Waals surface area contributed by atoms with Crippen LogP contribution in [0.15, 0.2) is 0 Å². The number of carbonyl (C=O) groups is 2. The summed E-state index contributed by atoms with van der Waals surface area (Å²) >= 11 is 0. The molecule has 0 aromatic heterocycles. The molecule has 1 rings (SSSR count). The molecule has 110 valence electrons. The topological polar surface area (TPSA) is 75.6 Å². The Morgan fingerprint density at radius 2 is 1.95 bits per heavy atom. The number of carboxylic acids is 1. The van der Waals surface area contributed by atoms with E-state index >= 15 is 0 Å². The molecule has 0 aliphatic heterocycles. The summed E-state index contributed by atoms with van der Waals surface area (Å²) in [4.78, 5) is 23.3. The van der Waals surface area contributed by atoms with Crippen molar-refractivity contribution < 1.29 is 19.4 Å². The molecule has 0 unspecified atom stereocenters. The summed E-state index contributed by atoms with van der Waals surface area (Å²) in [6.45, 7) is 5.11. The number of aliphatic carboxylic acids is 1. The van der Waals surface area contributed by atoms with Crippen LogP contribution in [0.2, 0.25) is 0 Å². The van der Waals surface area contributed by atoms with E-state index in [2.05, 4.69) is 12.2 Å². The number of nitrogens with one attached hydrogen (secondary N) is 1. The van der Waals surface area contributed by atoms with Crippen molar-refractivity contribution >= 4 is 11.9 Å². The fourth-order valence-corrected chi connectivity index (χ4v) is 2.39. The minimum Gasteiger partial charge on any atom is -0.480 e. The Balaban J connectivity index is 2.45. The lowest BCUT2D eigenvalue weighted by Crippen LogP contribution is -2.56. The van der Waals surface area contributed by atoms with E-state index in [1.807, 2.05) is 6.92 Å². The molecule has 1 fully saturated rings. The van der Waals surface area contributed by atoms with E-state index < -0.39 is 11.5 Å². The minimum atomic E-state index is -1.06. The number of hydrogen-bond donors (Lipinski definition) is 2. The van der Waals surface area contributed by atoms with Crippen molar-refractivity contribution in [3.63, 3.8) is 0 Å². The van der Waals surface area contributed by atoms with Gasteiger partial charge in [-0.2, -0.15) is 0 Å². The summed E-state index contributed by atoms with van der Waals surface area (Å²) < 4.78 is 5.24. The Morgan fingerprint density at radius 3 is 2.47 bits per heavy atom. The highest BCUT2D eigenvalue weighted by molar-refractivity contribution is 5.87. The van der Waals surface area contributed by atoms with Gasteiger partial charge in [0.2, 0.25) is 5.91 Å². The minimum absolute atomic E-state index is 0.227. The molecule has 0 heterocycles. The summed E-state index contributed by atoms with van der Waals surface area (Å²) in [5.41, 5.74) is -1.06. The van der Waals surface area contributed by atoms with E-state index in [4.69, 9.17) is 4.74 Å². The first kappa shape index (κ1) is 16.0. The van der Waals surface area contributed by atoms with Crippen LogP contribution in [-0.4, -0.2) is 35.7 Å². The molecule has 2 N–H and O–H groups in total. The van der Waals surface area contributed by atoms with Crippen LogP contribution < -0.4 is 5.32 Å². The van der Waals surface area contributed by atoms with Gasteiger partial charge in [0, 0.05) is 13.0 Å². The van der Waals surface area contributed by atoms with Gasteiger partial charge in [0.15, 0.2) is 0 Å². The van der Waals surface area contributed by atoms with Gasteiger partial charge >= 0.3 is 5.97 Å². The maximum atomic E-state index is 11.8. The third-order valence-electron chi connectivity index (χ3n) is 3.74. The van der Waals surface area contributed by atoms with Crippen LogP contribution in [-0.2, 0) is 14.3 Å². The molecule has 1 amide bonds. The van der Waals surface area contributed by atoms with Crippen LogP contribution in [0, 0.1) is 5.92 Å². The van der Waals surface area contributed by atoms with Crippen molar-refractivity contribution in [3.05, 3.63) is 0 Å². The lowest BCUT2D eigenvalue weighted by molar-refractivity contribution is -0.149. The van der Waals surface area contributed by atoms with Crippen LogP contribution in [0.1, 0.15) is 52.4 Å². The Hall–Kier alpha value is -1.10. The van der Waals surface area contributed by atoms with E-state index in [-0.39, 0.29) is 12.3 Å². The monoisotopic (exact) mass is 271 g/mol. The average Bonchev–Trinajstić information content (AvgIpc) is 2.37. The summed E-state index contributed by atoms with van der Waals surface area (Å²) in [6, 6.07) is 0. The van der Waals surface area contributed by atoms with Gasteiger partial charge in [-0.3, -0.25) is 4.79 Å². The molecule has 0 radical (unpaired) electrons. The van der Waals surface area contributed by atoms with Crippen LogP contribution in [0.4, 0.5) is 0 Å². The van der Waals surface area contributed by atoms with Gasteiger partial charge in [-0.25, -0.2) is 4.79 Å². The smallest absolute Gasteiger partial charge is 0.329 e. The lowest BCUT2D eigenvalue weighted by atomic mass is 9.77. The highest BCUT2D eigenvalue weighted by Gasteiger charge is 2.42. The molecule has 5 nitrogen and oxygen atoms in total. The average molecular weight is 271 g/mol. The number of carbonyl (C=O) groups excluding carboxylic acids is 1. The summed E-state index contributed by atoms with van der Waals surface area (Å²) in [5.74, 6) is -0.604. The maximum absolute atomic E-state index is 11.8. The van der Waals surface area contributed by atoms with E-state index in [9.17, 15) is 14.7 Å². The van der Waals surface area contributed by atoms with Gasteiger partial charge in [-0.05, 0) is 38.0 Å².